The van der Waals surface area contributed by atoms with Crippen molar-refractivity contribution in [1.29, 1.82) is 0 Å². The highest BCUT2D eigenvalue weighted by Gasteiger charge is 2.34. The van der Waals surface area contributed by atoms with Crippen LogP contribution in [-0.4, -0.2) is 11.6 Å². The summed E-state index contributed by atoms with van der Waals surface area (Å²) in [6, 6.07) is 19.5. The summed E-state index contributed by atoms with van der Waals surface area (Å²) in [5, 5.41) is 0. The van der Waals surface area contributed by atoms with Gasteiger partial charge < -0.3 is 0 Å². The van der Waals surface area contributed by atoms with Gasteiger partial charge in [0.25, 0.3) is 0 Å². The topological polar surface area (TPSA) is 34.1 Å². The molecule has 2 aliphatic carbocycles. The molecule has 0 fully saturated rings. The monoisotopic (exact) mass is 370 g/mol. The van der Waals surface area contributed by atoms with Crippen LogP contribution in [0.4, 0.5) is 0 Å². The van der Waals surface area contributed by atoms with Crippen LogP contribution in [0.2, 0.25) is 0 Å². The largest absolute Gasteiger partial charge is 0.289 e. The molecule has 0 aromatic heterocycles. The average Bonchev–Trinajstić information content (AvgIpc) is 3.20. The minimum Gasteiger partial charge on any atom is -0.289 e. The lowest BCUT2D eigenvalue weighted by molar-refractivity contribution is 0.0978. The van der Waals surface area contributed by atoms with Crippen molar-refractivity contribution in [2.75, 3.05) is 0 Å². The van der Waals surface area contributed by atoms with Gasteiger partial charge in [0, 0.05) is 32.9 Å². The third kappa shape index (κ3) is 2.65. The molecular formula is C24H18O2S. The van der Waals surface area contributed by atoms with E-state index < -0.39 is 0 Å². The van der Waals surface area contributed by atoms with Crippen LogP contribution in [0.25, 0.3) is 0 Å². The van der Waals surface area contributed by atoms with E-state index in [0.29, 0.717) is 22.3 Å². The van der Waals surface area contributed by atoms with Crippen LogP contribution < -0.4 is 0 Å². The lowest BCUT2D eigenvalue weighted by Crippen LogP contribution is -2.23. The second kappa shape index (κ2) is 6.50. The van der Waals surface area contributed by atoms with Crippen molar-refractivity contribution in [2.24, 2.45) is 0 Å². The Kier molecular flexibility index (Phi) is 3.98. The van der Waals surface area contributed by atoms with Crippen LogP contribution in [0.1, 0.15) is 55.0 Å². The first-order valence-corrected chi connectivity index (χ1v) is 10.3. The van der Waals surface area contributed by atoms with E-state index in [1.807, 2.05) is 36.4 Å². The van der Waals surface area contributed by atoms with E-state index in [2.05, 4.69) is 12.1 Å². The molecule has 2 nitrogen and oxygen atoms in total. The molecule has 0 heterocycles. The van der Waals surface area contributed by atoms with Crippen LogP contribution >= 0.6 is 11.8 Å². The Morgan fingerprint density at radius 3 is 2.19 bits per heavy atom. The Balaban J connectivity index is 1.61. The van der Waals surface area contributed by atoms with Gasteiger partial charge in [-0.1, -0.05) is 42.5 Å². The van der Waals surface area contributed by atoms with E-state index in [-0.39, 0.29) is 11.6 Å². The molecule has 0 saturated carbocycles. The van der Waals surface area contributed by atoms with Gasteiger partial charge in [-0.2, -0.15) is 0 Å². The summed E-state index contributed by atoms with van der Waals surface area (Å²) in [6.45, 7) is 0. The second-order valence-corrected chi connectivity index (χ2v) is 8.12. The SMILES string of the molecule is O=C1c2ccccc2C(=O)c2c1cc(CSc1ccccc1)c1c2CCC1. The maximum absolute atomic E-state index is 13.1. The number of rotatable bonds is 3. The fraction of sp³-hybridized carbons (Fsp3) is 0.167. The molecule has 0 amide bonds. The van der Waals surface area contributed by atoms with Crippen molar-refractivity contribution in [3.8, 4) is 0 Å². The average molecular weight is 370 g/mol. The van der Waals surface area contributed by atoms with E-state index in [1.54, 1.807) is 23.9 Å². The van der Waals surface area contributed by atoms with Gasteiger partial charge in [0.1, 0.15) is 0 Å². The Morgan fingerprint density at radius 1 is 0.741 bits per heavy atom. The number of carbonyl (C=O) groups excluding carboxylic acids is 2. The van der Waals surface area contributed by atoms with Crippen LogP contribution in [0.5, 0.6) is 0 Å². The van der Waals surface area contributed by atoms with Gasteiger partial charge in [-0.05, 0) is 54.2 Å². The standard InChI is InChI=1S/C24H18O2S/c25-23-19-9-4-5-10-20(19)24(26)22-18-12-6-11-17(18)15(13-21(22)23)14-27-16-7-2-1-3-8-16/h1-5,7-10,13H,6,11-12,14H2. The number of fused-ring (bicyclic) bond motifs is 4. The molecule has 0 N–H and O–H groups in total. The van der Waals surface area contributed by atoms with E-state index in [4.69, 9.17) is 0 Å². The fourth-order valence-electron chi connectivity index (χ4n) is 4.27. The summed E-state index contributed by atoms with van der Waals surface area (Å²) in [5.74, 6) is 0.824. The molecule has 0 bridgehead atoms. The number of carbonyl (C=O) groups is 2. The highest BCUT2D eigenvalue weighted by atomic mass is 32.2. The molecule has 3 aromatic rings. The van der Waals surface area contributed by atoms with E-state index >= 15 is 0 Å². The summed E-state index contributed by atoms with van der Waals surface area (Å²) < 4.78 is 0. The Bertz CT molecular complexity index is 1080. The summed E-state index contributed by atoms with van der Waals surface area (Å²) >= 11 is 1.78. The predicted molar refractivity (Wildman–Crippen MR) is 108 cm³/mol. The van der Waals surface area contributed by atoms with Gasteiger partial charge in [-0.25, -0.2) is 0 Å². The van der Waals surface area contributed by atoms with E-state index in [1.165, 1.54) is 16.0 Å². The fourth-order valence-corrected chi connectivity index (χ4v) is 5.20. The molecule has 27 heavy (non-hydrogen) atoms. The molecule has 132 valence electrons. The van der Waals surface area contributed by atoms with Crippen molar-refractivity contribution in [3.63, 3.8) is 0 Å². The van der Waals surface area contributed by atoms with Gasteiger partial charge in [0.15, 0.2) is 11.6 Å². The molecule has 0 radical (unpaired) electrons. The van der Waals surface area contributed by atoms with Gasteiger partial charge in [-0.15, -0.1) is 11.8 Å². The Hall–Kier alpha value is -2.65. The van der Waals surface area contributed by atoms with Gasteiger partial charge in [-0.3, -0.25) is 9.59 Å². The quantitative estimate of drug-likeness (QED) is 0.462. The third-order valence-electron chi connectivity index (χ3n) is 5.52. The highest BCUT2D eigenvalue weighted by Crippen LogP contribution is 2.38. The first-order valence-electron chi connectivity index (χ1n) is 9.28. The molecule has 0 atom stereocenters. The van der Waals surface area contributed by atoms with Crippen molar-refractivity contribution >= 4 is 23.3 Å². The Labute approximate surface area is 162 Å². The molecule has 5 rings (SSSR count). The van der Waals surface area contributed by atoms with Crippen molar-refractivity contribution in [2.45, 2.75) is 29.9 Å². The number of benzene rings is 3. The van der Waals surface area contributed by atoms with Gasteiger partial charge in [0.2, 0.25) is 0 Å². The second-order valence-electron chi connectivity index (χ2n) is 7.07. The van der Waals surface area contributed by atoms with E-state index in [0.717, 1.165) is 30.6 Å². The van der Waals surface area contributed by atoms with Crippen molar-refractivity contribution in [1.82, 2.24) is 0 Å². The predicted octanol–water partition coefficient (Wildman–Crippen LogP) is 5.24. The molecule has 0 saturated heterocycles. The maximum Gasteiger partial charge on any atom is 0.194 e. The van der Waals surface area contributed by atoms with Gasteiger partial charge >= 0.3 is 0 Å². The molecule has 0 aliphatic heterocycles. The maximum atomic E-state index is 13.1. The number of thioether (sulfide) groups is 1. The molecular weight excluding hydrogens is 352 g/mol. The van der Waals surface area contributed by atoms with Crippen LogP contribution in [0.15, 0.2) is 65.6 Å². The third-order valence-corrected chi connectivity index (χ3v) is 6.58. The minimum atomic E-state index is -0.0131. The zero-order valence-electron chi connectivity index (χ0n) is 14.8. The van der Waals surface area contributed by atoms with E-state index in [9.17, 15) is 9.59 Å². The first-order chi connectivity index (χ1) is 13.2. The van der Waals surface area contributed by atoms with Crippen molar-refractivity contribution < 1.29 is 9.59 Å². The number of hydrogen-bond donors (Lipinski definition) is 0. The molecule has 0 spiro atoms. The molecule has 3 heteroatoms. The normalized spacial score (nSPS) is 14.7. The molecule has 3 aromatic carbocycles. The lowest BCUT2D eigenvalue weighted by atomic mass is 9.80. The van der Waals surface area contributed by atoms with Crippen LogP contribution in [0, 0.1) is 0 Å². The Morgan fingerprint density at radius 2 is 1.41 bits per heavy atom. The van der Waals surface area contributed by atoms with Gasteiger partial charge in [0.05, 0.1) is 0 Å². The molecule has 0 unspecified atom stereocenters. The minimum absolute atomic E-state index is 0.0131. The molecule has 2 aliphatic rings. The smallest absolute Gasteiger partial charge is 0.194 e. The highest BCUT2D eigenvalue weighted by molar-refractivity contribution is 7.98. The van der Waals surface area contributed by atoms with Crippen molar-refractivity contribution in [3.05, 3.63) is 99.6 Å². The van der Waals surface area contributed by atoms with Crippen LogP contribution in [0.3, 0.4) is 0 Å². The lowest BCUT2D eigenvalue weighted by Gasteiger charge is -2.22. The zero-order chi connectivity index (χ0) is 18.4. The number of ketones is 2. The summed E-state index contributed by atoms with van der Waals surface area (Å²) in [5.41, 5.74) is 5.96. The van der Waals surface area contributed by atoms with Crippen LogP contribution in [-0.2, 0) is 18.6 Å². The summed E-state index contributed by atoms with van der Waals surface area (Å²) in [6.07, 6.45) is 2.94. The summed E-state index contributed by atoms with van der Waals surface area (Å²) in [4.78, 5) is 27.5. The zero-order valence-corrected chi connectivity index (χ0v) is 15.6. The number of hydrogen-bond acceptors (Lipinski definition) is 3. The first kappa shape index (κ1) is 16.5. The summed E-state index contributed by atoms with van der Waals surface area (Å²) in [7, 11) is 0.